The van der Waals surface area contributed by atoms with Gasteiger partial charge in [0.15, 0.2) is 6.61 Å². The van der Waals surface area contributed by atoms with Crippen molar-refractivity contribution in [2.75, 3.05) is 13.7 Å². The van der Waals surface area contributed by atoms with Crippen LogP contribution in [-0.2, 0) is 15.7 Å². The van der Waals surface area contributed by atoms with Gasteiger partial charge in [0, 0.05) is 7.05 Å². The summed E-state index contributed by atoms with van der Waals surface area (Å²) in [6, 6.07) is 10.8. The molecule has 0 aliphatic rings. The highest BCUT2D eigenvalue weighted by atomic mass is 19.4. The fourth-order valence-electron chi connectivity index (χ4n) is 2.03. The number of hydrogen-bond donors (Lipinski definition) is 1. The third-order valence-corrected chi connectivity index (χ3v) is 3.28. The van der Waals surface area contributed by atoms with Crippen molar-refractivity contribution >= 4 is 11.9 Å². The molecule has 0 saturated carbocycles. The molecule has 2 rings (SSSR count). The average Bonchev–Trinajstić information content (AvgIpc) is 2.58. The summed E-state index contributed by atoms with van der Waals surface area (Å²) >= 11 is 0. The van der Waals surface area contributed by atoms with Crippen molar-refractivity contribution in [2.24, 2.45) is 0 Å². The van der Waals surface area contributed by atoms with E-state index in [0.29, 0.717) is 11.1 Å². The van der Waals surface area contributed by atoms with E-state index in [1.807, 2.05) is 0 Å². The molecule has 0 saturated heterocycles. The second-order valence-electron chi connectivity index (χ2n) is 4.87. The fourth-order valence-corrected chi connectivity index (χ4v) is 2.03. The standard InChI is InChI=1S/C17H14F3NO3/c1-21-15(22)10-24-16(23)14-5-3-2-4-13(14)11-6-8-12(9-7-11)17(18,19)20/h2-9H,10H2,1H3,(H,21,22). The van der Waals surface area contributed by atoms with Crippen LogP contribution in [0.2, 0.25) is 0 Å². The van der Waals surface area contributed by atoms with Gasteiger partial charge in [0.25, 0.3) is 5.91 Å². The van der Waals surface area contributed by atoms with E-state index < -0.39 is 30.2 Å². The first-order valence-electron chi connectivity index (χ1n) is 6.97. The Bertz CT molecular complexity index is 739. The molecular formula is C17H14F3NO3. The molecule has 4 nitrogen and oxygen atoms in total. The summed E-state index contributed by atoms with van der Waals surface area (Å²) < 4.78 is 42.8. The summed E-state index contributed by atoms with van der Waals surface area (Å²) in [7, 11) is 1.41. The summed E-state index contributed by atoms with van der Waals surface area (Å²) in [5, 5.41) is 2.32. The van der Waals surface area contributed by atoms with Crippen molar-refractivity contribution in [1.29, 1.82) is 0 Å². The summed E-state index contributed by atoms with van der Waals surface area (Å²) in [4.78, 5) is 23.2. The van der Waals surface area contributed by atoms with Crippen molar-refractivity contribution in [3.8, 4) is 11.1 Å². The summed E-state index contributed by atoms with van der Waals surface area (Å²) in [5.74, 6) is -1.19. The van der Waals surface area contributed by atoms with E-state index in [2.05, 4.69) is 5.32 Å². The van der Waals surface area contributed by atoms with Gasteiger partial charge in [0.1, 0.15) is 0 Å². The molecule has 2 aromatic carbocycles. The first-order chi connectivity index (χ1) is 11.3. The lowest BCUT2D eigenvalue weighted by Gasteiger charge is -2.11. The minimum Gasteiger partial charge on any atom is -0.452 e. The number of esters is 1. The maximum Gasteiger partial charge on any atom is 0.416 e. The monoisotopic (exact) mass is 337 g/mol. The molecule has 24 heavy (non-hydrogen) atoms. The summed E-state index contributed by atoms with van der Waals surface area (Å²) in [6.07, 6.45) is -4.43. The molecule has 0 spiro atoms. The van der Waals surface area contributed by atoms with Crippen LogP contribution in [-0.4, -0.2) is 25.5 Å². The molecule has 0 heterocycles. The van der Waals surface area contributed by atoms with Gasteiger partial charge in [-0.2, -0.15) is 13.2 Å². The maximum atomic E-state index is 12.6. The Morgan fingerprint density at radius 1 is 1.04 bits per heavy atom. The van der Waals surface area contributed by atoms with Gasteiger partial charge < -0.3 is 10.1 Å². The number of alkyl halides is 3. The van der Waals surface area contributed by atoms with Gasteiger partial charge >= 0.3 is 12.1 Å². The van der Waals surface area contributed by atoms with Gasteiger partial charge in [-0.1, -0.05) is 30.3 Å². The summed E-state index contributed by atoms with van der Waals surface area (Å²) in [6.45, 7) is -0.434. The molecule has 1 amide bonds. The van der Waals surface area contributed by atoms with E-state index >= 15 is 0 Å². The molecule has 0 aliphatic carbocycles. The van der Waals surface area contributed by atoms with Crippen LogP contribution in [0.3, 0.4) is 0 Å². The minimum absolute atomic E-state index is 0.168. The number of benzene rings is 2. The number of carbonyl (C=O) groups excluding carboxylic acids is 2. The number of rotatable bonds is 4. The zero-order valence-electron chi connectivity index (χ0n) is 12.7. The zero-order chi connectivity index (χ0) is 17.7. The van der Waals surface area contributed by atoms with Gasteiger partial charge in [-0.3, -0.25) is 4.79 Å². The molecule has 2 aromatic rings. The van der Waals surface area contributed by atoms with E-state index in [4.69, 9.17) is 4.74 Å². The topological polar surface area (TPSA) is 55.4 Å². The van der Waals surface area contributed by atoms with Crippen molar-refractivity contribution in [3.05, 3.63) is 59.7 Å². The normalized spacial score (nSPS) is 11.0. The Morgan fingerprint density at radius 3 is 2.25 bits per heavy atom. The number of likely N-dealkylation sites (N-methyl/N-ethyl adjacent to an activating group) is 1. The molecular weight excluding hydrogens is 323 g/mol. The van der Waals surface area contributed by atoms with Crippen molar-refractivity contribution < 1.29 is 27.5 Å². The van der Waals surface area contributed by atoms with Crippen LogP contribution in [0, 0.1) is 0 Å². The molecule has 0 fully saturated rings. The lowest BCUT2D eigenvalue weighted by Crippen LogP contribution is -2.25. The van der Waals surface area contributed by atoms with E-state index in [1.54, 1.807) is 18.2 Å². The van der Waals surface area contributed by atoms with Gasteiger partial charge in [0.2, 0.25) is 0 Å². The lowest BCUT2D eigenvalue weighted by atomic mass is 9.98. The Morgan fingerprint density at radius 2 is 1.67 bits per heavy atom. The second-order valence-corrected chi connectivity index (χ2v) is 4.87. The van der Waals surface area contributed by atoms with Crippen LogP contribution in [0.1, 0.15) is 15.9 Å². The van der Waals surface area contributed by atoms with Gasteiger partial charge in [-0.25, -0.2) is 4.79 Å². The number of amides is 1. The van der Waals surface area contributed by atoms with Crippen LogP contribution >= 0.6 is 0 Å². The first kappa shape index (κ1) is 17.5. The van der Waals surface area contributed by atoms with Crippen LogP contribution in [0.4, 0.5) is 13.2 Å². The quantitative estimate of drug-likeness (QED) is 0.871. The largest absolute Gasteiger partial charge is 0.452 e. The third kappa shape index (κ3) is 4.13. The molecule has 0 aromatic heterocycles. The molecule has 0 bridgehead atoms. The molecule has 1 N–H and O–H groups in total. The highest BCUT2D eigenvalue weighted by Gasteiger charge is 2.30. The number of hydrogen-bond acceptors (Lipinski definition) is 3. The van der Waals surface area contributed by atoms with E-state index in [0.717, 1.165) is 12.1 Å². The fraction of sp³-hybridized carbons (Fsp3) is 0.176. The average molecular weight is 337 g/mol. The number of carbonyl (C=O) groups is 2. The molecule has 7 heteroatoms. The van der Waals surface area contributed by atoms with Gasteiger partial charge in [0.05, 0.1) is 11.1 Å². The highest BCUT2D eigenvalue weighted by Crippen LogP contribution is 2.32. The molecule has 0 radical (unpaired) electrons. The second kappa shape index (κ2) is 7.16. The molecule has 0 unspecified atom stereocenters. The van der Waals surface area contributed by atoms with Crippen LogP contribution < -0.4 is 5.32 Å². The van der Waals surface area contributed by atoms with Crippen LogP contribution in [0.15, 0.2) is 48.5 Å². The van der Waals surface area contributed by atoms with Gasteiger partial charge in [-0.15, -0.1) is 0 Å². The van der Waals surface area contributed by atoms with Gasteiger partial charge in [-0.05, 0) is 29.3 Å². The number of nitrogens with one attached hydrogen (secondary N) is 1. The summed E-state index contributed by atoms with van der Waals surface area (Å²) in [5.41, 5.74) is 0.260. The third-order valence-electron chi connectivity index (χ3n) is 3.28. The smallest absolute Gasteiger partial charge is 0.416 e. The van der Waals surface area contributed by atoms with Crippen LogP contribution in [0.25, 0.3) is 11.1 Å². The van der Waals surface area contributed by atoms with E-state index in [-0.39, 0.29) is 5.56 Å². The Hall–Kier alpha value is -2.83. The zero-order valence-corrected chi connectivity index (χ0v) is 12.7. The maximum absolute atomic E-state index is 12.6. The van der Waals surface area contributed by atoms with Crippen molar-refractivity contribution in [3.63, 3.8) is 0 Å². The first-order valence-corrected chi connectivity index (χ1v) is 6.97. The predicted molar refractivity (Wildman–Crippen MR) is 81.2 cm³/mol. The SMILES string of the molecule is CNC(=O)COC(=O)c1ccccc1-c1ccc(C(F)(F)F)cc1. The Labute approximate surface area is 136 Å². The minimum atomic E-state index is -4.43. The number of ether oxygens (including phenoxy) is 1. The molecule has 126 valence electrons. The Balaban J connectivity index is 2.28. The highest BCUT2D eigenvalue weighted by molar-refractivity contribution is 5.98. The lowest BCUT2D eigenvalue weighted by molar-refractivity contribution is -0.137. The van der Waals surface area contributed by atoms with E-state index in [9.17, 15) is 22.8 Å². The predicted octanol–water partition coefficient (Wildman–Crippen LogP) is 3.28. The van der Waals surface area contributed by atoms with Crippen molar-refractivity contribution in [1.82, 2.24) is 5.32 Å². The molecule has 0 aliphatic heterocycles. The van der Waals surface area contributed by atoms with E-state index in [1.165, 1.54) is 25.2 Å². The van der Waals surface area contributed by atoms with Crippen LogP contribution in [0.5, 0.6) is 0 Å². The molecule has 0 atom stereocenters. The number of halogens is 3. The van der Waals surface area contributed by atoms with Crippen molar-refractivity contribution in [2.45, 2.75) is 6.18 Å². The Kier molecular flexibility index (Phi) is 5.23.